The predicted octanol–water partition coefficient (Wildman–Crippen LogP) is -0.276. The summed E-state index contributed by atoms with van der Waals surface area (Å²) >= 11 is 0. The lowest BCUT2D eigenvalue weighted by molar-refractivity contribution is 0.439. The van der Waals surface area contributed by atoms with Crippen LogP contribution in [0.1, 0.15) is 34.6 Å². The predicted molar refractivity (Wildman–Crippen MR) is 66.5 cm³/mol. The van der Waals surface area contributed by atoms with Gasteiger partial charge in [-0.15, -0.1) is 0 Å². The van der Waals surface area contributed by atoms with Gasteiger partial charge in [-0.1, -0.05) is 34.6 Å². The highest BCUT2D eigenvalue weighted by atomic mass is 28.3. The molecule has 0 spiro atoms. The molecular formula is C8H23OSi3. The Labute approximate surface area is 85.6 Å². The maximum absolute atomic E-state index is 5.57. The molecule has 12 heavy (non-hydrogen) atoms. The third-order valence-electron chi connectivity index (χ3n) is 3.19. The van der Waals surface area contributed by atoms with Crippen molar-refractivity contribution < 1.29 is 4.12 Å². The first-order chi connectivity index (χ1) is 5.25. The Bertz CT molecular complexity index is 142. The molecule has 0 aromatic rings. The number of hydrogen-bond acceptors (Lipinski definition) is 1. The number of hydrogen-bond donors (Lipinski definition) is 0. The van der Waals surface area contributed by atoms with Gasteiger partial charge in [0.05, 0.1) is 0 Å². The van der Waals surface area contributed by atoms with Crippen molar-refractivity contribution >= 4 is 30.5 Å². The van der Waals surface area contributed by atoms with Gasteiger partial charge in [-0.2, -0.15) is 0 Å². The maximum atomic E-state index is 5.57. The average Bonchev–Trinajstić information content (AvgIpc) is 1.85. The molecule has 1 atom stereocenters. The minimum absolute atomic E-state index is 0.353. The molecule has 73 valence electrons. The summed E-state index contributed by atoms with van der Waals surface area (Å²) in [4.78, 5) is 0. The van der Waals surface area contributed by atoms with Crippen molar-refractivity contribution in [3.8, 4) is 0 Å². The van der Waals surface area contributed by atoms with Gasteiger partial charge in [-0.05, 0) is 16.0 Å². The third kappa shape index (κ3) is 2.55. The Morgan fingerprint density at radius 2 is 1.67 bits per heavy atom. The second-order valence-electron chi connectivity index (χ2n) is 5.02. The molecule has 1 unspecified atom stereocenters. The van der Waals surface area contributed by atoms with Gasteiger partial charge in [-0.25, -0.2) is 0 Å². The average molecular weight is 220 g/mol. The van der Waals surface area contributed by atoms with E-state index in [1.165, 1.54) is 10.2 Å². The molecule has 0 aliphatic heterocycles. The van der Waals surface area contributed by atoms with Crippen molar-refractivity contribution in [3.63, 3.8) is 0 Å². The number of rotatable bonds is 4. The molecule has 0 saturated carbocycles. The molecule has 4 heteroatoms. The molecule has 1 nitrogen and oxygen atoms in total. The van der Waals surface area contributed by atoms with Crippen LogP contribution in [-0.2, 0) is 4.12 Å². The molecule has 0 bridgehead atoms. The Kier molecular flexibility index (Phi) is 4.43. The molecule has 0 aromatic carbocycles. The lowest BCUT2D eigenvalue weighted by Crippen LogP contribution is -2.34. The summed E-state index contributed by atoms with van der Waals surface area (Å²) in [5.41, 5.74) is 0. The first kappa shape index (κ1) is 12.6. The Balaban J connectivity index is 4.62. The van der Waals surface area contributed by atoms with Crippen molar-refractivity contribution in [2.45, 2.75) is 44.7 Å². The molecule has 0 aliphatic rings. The van der Waals surface area contributed by atoms with Crippen molar-refractivity contribution in [3.05, 3.63) is 5.92 Å². The van der Waals surface area contributed by atoms with Crippen molar-refractivity contribution in [1.82, 2.24) is 0 Å². The summed E-state index contributed by atoms with van der Waals surface area (Å²) in [5, 5.41) is 0.906. The van der Waals surface area contributed by atoms with E-state index in [2.05, 4.69) is 34.6 Å². The fourth-order valence-electron chi connectivity index (χ4n) is 1.40. The van der Waals surface area contributed by atoms with Gasteiger partial charge in [0, 0.05) is 10.2 Å². The maximum Gasteiger partial charge on any atom is 0.152 e. The van der Waals surface area contributed by atoms with Crippen LogP contribution in [0.5, 0.6) is 0 Å². The van der Waals surface area contributed by atoms with Crippen LogP contribution in [0.15, 0.2) is 0 Å². The zero-order valence-corrected chi connectivity index (χ0v) is 15.0. The smallest absolute Gasteiger partial charge is 0.152 e. The fourth-order valence-corrected chi connectivity index (χ4v) is 5.36. The van der Waals surface area contributed by atoms with Gasteiger partial charge in [0.1, 0.15) is 10.5 Å². The quantitative estimate of drug-likeness (QED) is 0.591. The third-order valence-corrected chi connectivity index (χ3v) is 8.50. The molecule has 0 saturated heterocycles. The molecule has 0 N–H and O–H groups in total. The van der Waals surface area contributed by atoms with E-state index in [9.17, 15) is 0 Å². The standard InChI is InChI=1S/C8H23OSi3/c1-6(2)8(5,12-9-11)7(3,4)10/h12H2,1-5,10-11H3. The van der Waals surface area contributed by atoms with Gasteiger partial charge in [0.2, 0.25) is 0 Å². The van der Waals surface area contributed by atoms with Gasteiger partial charge in [0.15, 0.2) is 9.76 Å². The molecule has 0 aromatic heterocycles. The van der Waals surface area contributed by atoms with E-state index in [4.69, 9.17) is 4.12 Å². The summed E-state index contributed by atoms with van der Waals surface area (Å²) in [5.74, 6) is 1.56. The van der Waals surface area contributed by atoms with E-state index in [1.54, 1.807) is 5.92 Å². The molecule has 1 radical (unpaired) electrons. The van der Waals surface area contributed by atoms with E-state index in [-0.39, 0.29) is 9.76 Å². The summed E-state index contributed by atoms with van der Waals surface area (Å²) in [6, 6.07) is 0. The van der Waals surface area contributed by atoms with Crippen LogP contribution in [0.25, 0.3) is 0 Å². The summed E-state index contributed by atoms with van der Waals surface area (Å²) in [7, 11) is 1.81. The summed E-state index contributed by atoms with van der Waals surface area (Å²) in [6.07, 6.45) is 0. The Morgan fingerprint density at radius 1 is 1.25 bits per heavy atom. The second kappa shape index (κ2) is 4.21. The van der Waals surface area contributed by atoms with Gasteiger partial charge >= 0.3 is 0 Å². The van der Waals surface area contributed by atoms with E-state index in [0.29, 0.717) is 10.1 Å². The zero-order valence-electron chi connectivity index (χ0n) is 9.62. The molecule has 0 heterocycles. The molecule has 0 rings (SSSR count). The van der Waals surface area contributed by atoms with Crippen LogP contribution in [0.3, 0.4) is 0 Å². The second-order valence-corrected chi connectivity index (χ2v) is 11.5. The van der Waals surface area contributed by atoms with Crippen molar-refractivity contribution in [2.24, 2.45) is 0 Å². The SMILES string of the molecule is C[C](C)C(C)([SiH2]O[SiH3])C(C)(C)[SiH3]. The summed E-state index contributed by atoms with van der Waals surface area (Å²) < 4.78 is 5.57. The van der Waals surface area contributed by atoms with E-state index in [1.807, 2.05) is 0 Å². The topological polar surface area (TPSA) is 9.23 Å². The van der Waals surface area contributed by atoms with Gasteiger partial charge in [-0.3, -0.25) is 0 Å². The van der Waals surface area contributed by atoms with Gasteiger partial charge in [0.25, 0.3) is 0 Å². The monoisotopic (exact) mass is 219 g/mol. The van der Waals surface area contributed by atoms with Crippen molar-refractivity contribution in [2.75, 3.05) is 0 Å². The highest BCUT2D eigenvalue weighted by molar-refractivity contribution is 6.42. The van der Waals surface area contributed by atoms with E-state index < -0.39 is 0 Å². The lowest BCUT2D eigenvalue weighted by atomic mass is 9.85. The zero-order chi connectivity index (χ0) is 9.99. The van der Waals surface area contributed by atoms with Crippen LogP contribution in [0, 0.1) is 5.92 Å². The first-order valence-electron chi connectivity index (χ1n) is 4.55. The highest BCUT2D eigenvalue weighted by Crippen LogP contribution is 2.54. The van der Waals surface area contributed by atoms with E-state index in [0.717, 1.165) is 10.5 Å². The van der Waals surface area contributed by atoms with Crippen LogP contribution < -0.4 is 0 Å². The molecular weight excluding hydrogens is 196 g/mol. The fraction of sp³-hybridized carbons (Fsp3) is 0.875. The van der Waals surface area contributed by atoms with Crippen molar-refractivity contribution in [1.29, 1.82) is 0 Å². The Hall–Kier alpha value is 0.611. The Morgan fingerprint density at radius 3 is 1.75 bits per heavy atom. The minimum Gasteiger partial charge on any atom is -0.468 e. The molecule has 0 fully saturated rings. The van der Waals surface area contributed by atoms with Crippen LogP contribution >= 0.6 is 0 Å². The van der Waals surface area contributed by atoms with Gasteiger partial charge < -0.3 is 4.12 Å². The normalized spacial score (nSPS) is 19.5. The lowest BCUT2D eigenvalue weighted by Gasteiger charge is -2.44. The van der Waals surface area contributed by atoms with E-state index >= 15 is 0 Å². The largest absolute Gasteiger partial charge is 0.468 e. The highest BCUT2D eigenvalue weighted by Gasteiger charge is 2.40. The van der Waals surface area contributed by atoms with Crippen LogP contribution in [0.2, 0.25) is 10.1 Å². The summed E-state index contributed by atoms with van der Waals surface area (Å²) in [6.45, 7) is 11.7. The first-order valence-corrected chi connectivity index (χ1v) is 7.65. The van der Waals surface area contributed by atoms with Crippen LogP contribution in [-0.4, -0.2) is 30.5 Å². The van der Waals surface area contributed by atoms with Crippen LogP contribution in [0.4, 0.5) is 0 Å². The molecule has 0 aliphatic carbocycles. The molecule has 0 amide bonds. The minimum atomic E-state index is -0.353.